The molecule has 1 atom stereocenters. The van der Waals surface area contributed by atoms with Gasteiger partial charge in [-0.1, -0.05) is 140 Å². The van der Waals surface area contributed by atoms with Crippen LogP contribution < -0.4 is 0 Å². The number of nitrogens with zero attached hydrogens (tertiary/aromatic N) is 7. The van der Waals surface area contributed by atoms with E-state index in [9.17, 15) is 4.79 Å². The van der Waals surface area contributed by atoms with E-state index in [1.54, 1.807) is 6.92 Å². The number of carbonyl (C=O) groups excluding carboxylic acids is 1. The van der Waals surface area contributed by atoms with Gasteiger partial charge in [0.15, 0.2) is 11.5 Å². The van der Waals surface area contributed by atoms with E-state index in [-0.39, 0.29) is 11.8 Å². The summed E-state index contributed by atoms with van der Waals surface area (Å²) in [5.41, 5.74) is 11.6. The molecule has 1 aliphatic carbocycles. The first-order valence-electron chi connectivity index (χ1n) is 19.0. The molecule has 0 spiro atoms. The van der Waals surface area contributed by atoms with Crippen molar-refractivity contribution in [2.45, 2.75) is 58.0 Å². The summed E-state index contributed by atoms with van der Waals surface area (Å²) in [4.78, 5) is 22.1. The van der Waals surface area contributed by atoms with Gasteiger partial charge in [0.05, 0.1) is 11.7 Å². The number of hydrogen-bond donors (Lipinski definition) is 0. The third-order valence-electron chi connectivity index (χ3n) is 11.1. The first-order valence-corrected chi connectivity index (χ1v) is 19.0. The maximum Gasteiger partial charge on any atom is 0.184 e. The monoisotopic (exact) mass is 719 g/mol. The Morgan fingerprint density at radius 1 is 0.764 bits per heavy atom. The van der Waals surface area contributed by atoms with Crippen LogP contribution >= 0.6 is 0 Å². The van der Waals surface area contributed by atoms with Gasteiger partial charge in [0, 0.05) is 18.4 Å². The number of fused-ring (bicyclic) bond motifs is 2. The van der Waals surface area contributed by atoms with E-state index >= 15 is 0 Å². The van der Waals surface area contributed by atoms with Gasteiger partial charge in [-0.05, 0) is 87.7 Å². The highest BCUT2D eigenvalue weighted by Gasteiger charge is 2.42. The summed E-state index contributed by atoms with van der Waals surface area (Å²) >= 11 is 0. The third-order valence-corrected chi connectivity index (χ3v) is 11.1. The van der Waals surface area contributed by atoms with Crippen molar-refractivity contribution in [1.29, 1.82) is 0 Å². The standard InChI is InChI=1S/C47H41N7O/c1-4-43-49-44-31(2)28-38(29-32(3)55)48-46(44)53(43)42-27-25-34-30-33(24-26-40(34)42)39-22-14-15-23-41(39)45-50-51-52-54(45)47(35-16-8-5-9-17-35,36-18-10-6-11-19-36)37-20-12-7-13-21-37/h5-24,26,28,30,42H,4,25,27,29H2,1-3H3/t42-/m0/s1. The summed E-state index contributed by atoms with van der Waals surface area (Å²) in [6.45, 7) is 5.83. The Morgan fingerprint density at radius 3 is 2.00 bits per heavy atom. The van der Waals surface area contributed by atoms with Crippen LogP contribution in [-0.4, -0.2) is 40.5 Å². The molecule has 0 bridgehead atoms. The molecule has 0 radical (unpaired) electrons. The number of aryl methyl sites for hydroxylation is 3. The average molecular weight is 720 g/mol. The number of ketones is 1. The first kappa shape index (κ1) is 34.2. The number of pyridine rings is 1. The number of carbonyl (C=O) groups is 1. The van der Waals surface area contributed by atoms with E-state index in [2.05, 4.69) is 139 Å². The molecule has 0 N–H and O–H groups in total. The van der Waals surface area contributed by atoms with E-state index in [0.717, 1.165) is 80.9 Å². The van der Waals surface area contributed by atoms with Crippen molar-refractivity contribution in [3.8, 4) is 22.5 Å². The molecule has 55 heavy (non-hydrogen) atoms. The number of tetrazole rings is 1. The molecule has 0 fully saturated rings. The lowest BCUT2D eigenvalue weighted by Crippen LogP contribution is -2.39. The molecule has 270 valence electrons. The van der Waals surface area contributed by atoms with Crippen molar-refractivity contribution in [2.75, 3.05) is 0 Å². The van der Waals surface area contributed by atoms with E-state index < -0.39 is 5.54 Å². The van der Waals surface area contributed by atoms with Gasteiger partial charge >= 0.3 is 0 Å². The highest BCUT2D eigenvalue weighted by molar-refractivity contribution is 5.83. The number of aromatic nitrogens is 7. The van der Waals surface area contributed by atoms with Crippen molar-refractivity contribution in [3.05, 3.63) is 184 Å². The Labute approximate surface area is 320 Å². The molecule has 1 aliphatic rings. The maximum absolute atomic E-state index is 12.1. The summed E-state index contributed by atoms with van der Waals surface area (Å²) in [5, 5.41) is 14.0. The van der Waals surface area contributed by atoms with Crippen molar-refractivity contribution in [1.82, 2.24) is 34.7 Å². The number of hydrogen-bond acceptors (Lipinski definition) is 6. The number of rotatable bonds is 10. The minimum atomic E-state index is -0.859. The lowest BCUT2D eigenvalue weighted by atomic mass is 9.77. The Hall–Kier alpha value is -6.54. The van der Waals surface area contributed by atoms with Gasteiger partial charge in [0.2, 0.25) is 0 Å². The van der Waals surface area contributed by atoms with E-state index in [0.29, 0.717) is 12.2 Å². The predicted octanol–water partition coefficient (Wildman–Crippen LogP) is 9.13. The molecule has 8 aromatic rings. The van der Waals surface area contributed by atoms with Crippen molar-refractivity contribution < 1.29 is 4.79 Å². The zero-order chi connectivity index (χ0) is 37.5. The summed E-state index contributed by atoms with van der Waals surface area (Å²) in [7, 11) is 0. The summed E-state index contributed by atoms with van der Waals surface area (Å²) < 4.78 is 4.33. The van der Waals surface area contributed by atoms with E-state index in [1.165, 1.54) is 11.1 Å². The molecule has 8 nitrogen and oxygen atoms in total. The topological polar surface area (TPSA) is 91.4 Å². The molecule has 0 amide bonds. The van der Waals surface area contributed by atoms with E-state index in [1.807, 2.05) is 28.9 Å². The third kappa shape index (κ3) is 5.76. The van der Waals surface area contributed by atoms with Gasteiger partial charge < -0.3 is 4.57 Å². The lowest BCUT2D eigenvalue weighted by molar-refractivity contribution is -0.116. The Balaban J connectivity index is 1.18. The average Bonchev–Trinajstić information content (AvgIpc) is 3.97. The molecule has 0 saturated carbocycles. The normalized spacial score (nSPS) is 14.0. The first-order chi connectivity index (χ1) is 27.0. The van der Waals surface area contributed by atoms with Gasteiger partial charge in [-0.2, -0.15) is 0 Å². The van der Waals surface area contributed by atoms with Crippen molar-refractivity contribution in [3.63, 3.8) is 0 Å². The highest BCUT2D eigenvalue weighted by atomic mass is 16.1. The molecular formula is C47H41N7O. The number of Topliss-reactive ketones (excluding diaryl/α,β-unsaturated/α-hetero) is 1. The largest absolute Gasteiger partial charge is 0.305 e. The maximum atomic E-state index is 12.1. The highest BCUT2D eigenvalue weighted by Crippen LogP contribution is 2.45. The smallest absolute Gasteiger partial charge is 0.184 e. The van der Waals surface area contributed by atoms with Gasteiger partial charge in [-0.3, -0.25) is 4.79 Å². The van der Waals surface area contributed by atoms with Crippen LogP contribution in [0.1, 0.15) is 71.2 Å². The summed E-state index contributed by atoms with van der Waals surface area (Å²) in [5.74, 6) is 1.79. The van der Waals surface area contributed by atoms with Gasteiger partial charge in [0.1, 0.15) is 22.7 Å². The van der Waals surface area contributed by atoms with Crippen LogP contribution in [0.5, 0.6) is 0 Å². The second-order valence-electron chi connectivity index (χ2n) is 14.5. The minimum Gasteiger partial charge on any atom is -0.305 e. The number of imidazole rings is 1. The molecule has 9 rings (SSSR count). The molecule has 3 aromatic heterocycles. The molecule has 5 aromatic carbocycles. The Bertz CT molecular complexity index is 2570. The molecule has 0 unspecified atom stereocenters. The van der Waals surface area contributed by atoms with Crippen molar-refractivity contribution >= 4 is 16.9 Å². The Kier molecular flexibility index (Phi) is 8.73. The Morgan fingerprint density at radius 2 is 1.38 bits per heavy atom. The quantitative estimate of drug-likeness (QED) is 0.131. The van der Waals surface area contributed by atoms with Crippen LogP contribution in [0.4, 0.5) is 0 Å². The summed E-state index contributed by atoms with van der Waals surface area (Å²) in [6, 6.07) is 48.9. The molecule has 3 heterocycles. The zero-order valence-electron chi connectivity index (χ0n) is 31.2. The second-order valence-corrected chi connectivity index (χ2v) is 14.5. The van der Waals surface area contributed by atoms with E-state index in [4.69, 9.17) is 20.3 Å². The van der Waals surface area contributed by atoms with Crippen LogP contribution in [0.3, 0.4) is 0 Å². The number of benzene rings is 5. The molecule has 0 aliphatic heterocycles. The SMILES string of the molecule is CCc1nc2c(C)cc(CC(C)=O)nc2n1[C@H]1CCc2cc(-c3ccccc3-c3nnnn3C(c3ccccc3)(c3ccccc3)c3ccccc3)ccc21. The van der Waals surface area contributed by atoms with Crippen LogP contribution in [0.25, 0.3) is 33.7 Å². The fourth-order valence-electron chi connectivity index (χ4n) is 8.70. The van der Waals surface area contributed by atoms with Crippen LogP contribution in [-0.2, 0) is 29.6 Å². The zero-order valence-corrected chi connectivity index (χ0v) is 31.2. The molecule has 8 heteroatoms. The summed E-state index contributed by atoms with van der Waals surface area (Å²) in [6.07, 6.45) is 2.99. The fourth-order valence-corrected chi connectivity index (χ4v) is 8.70. The molecule has 0 saturated heterocycles. The second kappa shape index (κ2) is 14.0. The molecular weight excluding hydrogens is 679 g/mol. The van der Waals surface area contributed by atoms with Crippen LogP contribution in [0.2, 0.25) is 0 Å². The fraction of sp³-hybridized carbons (Fsp3) is 0.191. The van der Waals surface area contributed by atoms with Crippen molar-refractivity contribution in [2.24, 2.45) is 0 Å². The predicted molar refractivity (Wildman–Crippen MR) is 216 cm³/mol. The van der Waals surface area contributed by atoms with Gasteiger partial charge in [-0.25, -0.2) is 14.6 Å². The van der Waals surface area contributed by atoms with Gasteiger partial charge in [-0.15, -0.1) is 5.10 Å². The lowest BCUT2D eigenvalue weighted by Gasteiger charge is -2.36. The van der Waals surface area contributed by atoms with Crippen LogP contribution in [0.15, 0.2) is 140 Å². The minimum absolute atomic E-state index is 0.104. The van der Waals surface area contributed by atoms with Gasteiger partial charge in [0.25, 0.3) is 0 Å². The van der Waals surface area contributed by atoms with Crippen LogP contribution in [0, 0.1) is 6.92 Å².